The standard InChI is InChI=1S/C14H17NO3S/c1-11-2-4-12(5-3-11)6-7-14(16)15-13-8-9-19(17,18)10-13/h2-7,13H,8-10H2,1H3,(H,15,16)/b7-6+/t13-/m0/s1. The van der Waals surface area contributed by atoms with Gasteiger partial charge >= 0.3 is 0 Å². The zero-order valence-electron chi connectivity index (χ0n) is 10.8. The Balaban J connectivity index is 1.89. The third kappa shape index (κ3) is 4.21. The van der Waals surface area contributed by atoms with E-state index in [2.05, 4.69) is 5.32 Å². The van der Waals surface area contributed by atoms with E-state index in [1.165, 1.54) is 6.08 Å². The van der Waals surface area contributed by atoms with Crippen LogP contribution in [0.15, 0.2) is 30.3 Å². The third-order valence-electron chi connectivity index (χ3n) is 3.08. The van der Waals surface area contributed by atoms with Crippen LogP contribution in [0.3, 0.4) is 0 Å². The molecular weight excluding hydrogens is 262 g/mol. The van der Waals surface area contributed by atoms with Gasteiger partial charge in [0.15, 0.2) is 9.84 Å². The summed E-state index contributed by atoms with van der Waals surface area (Å²) < 4.78 is 22.5. The molecule has 1 saturated heterocycles. The van der Waals surface area contributed by atoms with Gasteiger partial charge in [-0.05, 0) is 25.0 Å². The van der Waals surface area contributed by atoms with Gasteiger partial charge in [0.2, 0.25) is 5.91 Å². The van der Waals surface area contributed by atoms with Gasteiger partial charge in [-0.1, -0.05) is 29.8 Å². The molecule has 1 amide bonds. The number of hydrogen-bond acceptors (Lipinski definition) is 3. The molecular formula is C14H17NO3S. The largest absolute Gasteiger partial charge is 0.349 e. The van der Waals surface area contributed by atoms with Gasteiger partial charge in [0.25, 0.3) is 0 Å². The van der Waals surface area contributed by atoms with Gasteiger partial charge < -0.3 is 5.32 Å². The topological polar surface area (TPSA) is 63.2 Å². The second-order valence-corrected chi connectivity index (χ2v) is 7.08. The molecule has 0 spiro atoms. The van der Waals surface area contributed by atoms with E-state index >= 15 is 0 Å². The highest BCUT2D eigenvalue weighted by Gasteiger charge is 2.28. The molecule has 4 nitrogen and oxygen atoms in total. The van der Waals surface area contributed by atoms with Crippen LogP contribution in [0.2, 0.25) is 0 Å². The van der Waals surface area contributed by atoms with Crippen LogP contribution in [0.5, 0.6) is 0 Å². The normalized spacial score (nSPS) is 21.6. The quantitative estimate of drug-likeness (QED) is 0.849. The highest BCUT2D eigenvalue weighted by molar-refractivity contribution is 7.91. The molecule has 5 heteroatoms. The second kappa shape index (κ2) is 5.57. The number of rotatable bonds is 3. The zero-order valence-corrected chi connectivity index (χ0v) is 11.6. The number of nitrogens with one attached hydrogen (secondary N) is 1. The molecule has 2 rings (SSSR count). The van der Waals surface area contributed by atoms with Gasteiger partial charge in [-0.2, -0.15) is 0 Å². The predicted molar refractivity (Wildman–Crippen MR) is 75.4 cm³/mol. The average Bonchev–Trinajstić information content (AvgIpc) is 2.68. The Morgan fingerprint density at radius 3 is 2.58 bits per heavy atom. The van der Waals surface area contributed by atoms with E-state index in [1.807, 2.05) is 31.2 Å². The molecule has 102 valence electrons. The first-order chi connectivity index (χ1) is 8.94. The molecule has 1 aliphatic heterocycles. The minimum atomic E-state index is -2.95. The van der Waals surface area contributed by atoms with E-state index in [-0.39, 0.29) is 23.5 Å². The van der Waals surface area contributed by atoms with Crippen molar-refractivity contribution in [3.63, 3.8) is 0 Å². The molecule has 1 aliphatic rings. The maximum Gasteiger partial charge on any atom is 0.244 e. The molecule has 0 radical (unpaired) electrons. The van der Waals surface area contributed by atoms with Crippen LogP contribution >= 0.6 is 0 Å². The highest BCUT2D eigenvalue weighted by Crippen LogP contribution is 2.11. The smallest absolute Gasteiger partial charge is 0.244 e. The summed E-state index contributed by atoms with van der Waals surface area (Å²) in [5.74, 6) is -0.0285. The van der Waals surface area contributed by atoms with Crippen molar-refractivity contribution in [2.75, 3.05) is 11.5 Å². The van der Waals surface area contributed by atoms with Crippen molar-refractivity contribution in [1.29, 1.82) is 0 Å². The van der Waals surface area contributed by atoms with Crippen molar-refractivity contribution in [1.82, 2.24) is 5.32 Å². The Morgan fingerprint density at radius 1 is 1.32 bits per heavy atom. The van der Waals surface area contributed by atoms with Gasteiger partial charge in [0.1, 0.15) is 0 Å². The summed E-state index contributed by atoms with van der Waals surface area (Å²) in [5, 5.41) is 2.71. The van der Waals surface area contributed by atoms with Crippen molar-refractivity contribution in [2.45, 2.75) is 19.4 Å². The van der Waals surface area contributed by atoms with Crippen LogP contribution in [0.1, 0.15) is 17.5 Å². The van der Waals surface area contributed by atoms with Gasteiger partial charge in [-0.3, -0.25) is 4.79 Å². The minimum Gasteiger partial charge on any atom is -0.349 e. The Labute approximate surface area is 113 Å². The van der Waals surface area contributed by atoms with Crippen LogP contribution < -0.4 is 5.32 Å². The highest BCUT2D eigenvalue weighted by atomic mass is 32.2. The first-order valence-electron chi connectivity index (χ1n) is 6.20. The molecule has 1 N–H and O–H groups in total. The molecule has 1 aromatic carbocycles. The fourth-order valence-corrected chi connectivity index (χ4v) is 3.68. The van der Waals surface area contributed by atoms with Gasteiger partial charge in [-0.25, -0.2) is 8.42 Å². The Morgan fingerprint density at radius 2 is 2.00 bits per heavy atom. The third-order valence-corrected chi connectivity index (χ3v) is 4.85. The summed E-state index contributed by atoms with van der Waals surface area (Å²) in [6, 6.07) is 7.56. The lowest BCUT2D eigenvalue weighted by molar-refractivity contribution is -0.116. The lowest BCUT2D eigenvalue weighted by Crippen LogP contribution is -2.34. The number of amides is 1. The van der Waals surface area contributed by atoms with Crippen LogP contribution in [-0.2, 0) is 14.6 Å². The number of benzene rings is 1. The van der Waals surface area contributed by atoms with Gasteiger partial charge in [0.05, 0.1) is 11.5 Å². The molecule has 19 heavy (non-hydrogen) atoms. The van der Waals surface area contributed by atoms with Crippen LogP contribution in [0.4, 0.5) is 0 Å². The zero-order chi connectivity index (χ0) is 13.9. The summed E-state index contributed by atoms with van der Waals surface area (Å²) in [5.41, 5.74) is 2.11. The number of carbonyl (C=O) groups is 1. The van der Waals surface area contributed by atoms with E-state index < -0.39 is 9.84 Å². The lowest BCUT2D eigenvalue weighted by atomic mass is 10.1. The lowest BCUT2D eigenvalue weighted by Gasteiger charge is -2.07. The number of hydrogen-bond donors (Lipinski definition) is 1. The maximum absolute atomic E-state index is 11.7. The summed E-state index contributed by atoms with van der Waals surface area (Å²) >= 11 is 0. The van der Waals surface area contributed by atoms with Crippen molar-refractivity contribution < 1.29 is 13.2 Å². The molecule has 0 unspecified atom stereocenters. The minimum absolute atomic E-state index is 0.0527. The molecule has 1 fully saturated rings. The van der Waals surface area contributed by atoms with Crippen LogP contribution in [0.25, 0.3) is 6.08 Å². The Hall–Kier alpha value is -1.62. The molecule has 1 aromatic rings. The molecule has 1 heterocycles. The second-order valence-electron chi connectivity index (χ2n) is 4.85. The SMILES string of the molecule is Cc1ccc(/C=C/C(=O)N[C@H]2CCS(=O)(=O)C2)cc1. The van der Waals surface area contributed by atoms with E-state index in [9.17, 15) is 13.2 Å². The first-order valence-corrected chi connectivity index (χ1v) is 8.02. The van der Waals surface area contributed by atoms with Crippen molar-refractivity contribution >= 4 is 21.8 Å². The number of aryl methyl sites for hydroxylation is 1. The van der Waals surface area contributed by atoms with E-state index in [0.29, 0.717) is 6.42 Å². The number of carbonyl (C=O) groups excluding carboxylic acids is 1. The first kappa shape index (κ1) is 13.8. The summed E-state index contributed by atoms with van der Waals surface area (Å²) in [6.45, 7) is 2.00. The number of sulfone groups is 1. The molecule has 0 saturated carbocycles. The molecule has 0 aromatic heterocycles. The van der Waals surface area contributed by atoms with E-state index in [0.717, 1.165) is 11.1 Å². The summed E-state index contributed by atoms with van der Waals surface area (Å²) in [6.07, 6.45) is 3.67. The fraction of sp³-hybridized carbons (Fsp3) is 0.357. The fourth-order valence-electron chi connectivity index (χ4n) is 2.01. The van der Waals surface area contributed by atoms with E-state index in [1.54, 1.807) is 6.08 Å². The maximum atomic E-state index is 11.7. The van der Waals surface area contributed by atoms with Crippen molar-refractivity contribution in [2.24, 2.45) is 0 Å². The van der Waals surface area contributed by atoms with Crippen LogP contribution in [0, 0.1) is 6.92 Å². The Kier molecular flexibility index (Phi) is 4.04. The molecule has 0 bridgehead atoms. The predicted octanol–water partition coefficient (Wildman–Crippen LogP) is 1.31. The van der Waals surface area contributed by atoms with Gasteiger partial charge in [0, 0.05) is 12.1 Å². The summed E-state index contributed by atoms with van der Waals surface area (Å²) in [7, 11) is -2.95. The molecule has 1 atom stereocenters. The van der Waals surface area contributed by atoms with E-state index in [4.69, 9.17) is 0 Å². The Bertz CT molecular complexity index is 588. The monoisotopic (exact) mass is 279 g/mol. The average molecular weight is 279 g/mol. The molecule has 0 aliphatic carbocycles. The summed E-state index contributed by atoms with van der Waals surface area (Å²) in [4.78, 5) is 11.7. The van der Waals surface area contributed by atoms with Crippen molar-refractivity contribution in [3.05, 3.63) is 41.5 Å². The van der Waals surface area contributed by atoms with Gasteiger partial charge in [-0.15, -0.1) is 0 Å². The van der Waals surface area contributed by atoms with Crippen LogP contribution in [-0.4, -0.2) is 31.9 Å². The van der Waals surface area contributed by atoms with Crippen molar-refractivity contribution in [3.8, 4) is 0 Å².